The third-order valence-corrected chi connectivity index (χ3v) is 2.37. The second-order valence-corrected chi connectivity index (χ2v) is 3.95. The Morgan fingerprint density at radius 3 is 2.56 bits per heavy atom. The minimum atomic E-state index is -1.02. The van der Waals surface area contributed by atoms with Gasteiger partial charge in [-0.1, -0.05) is 30.3 Å². The van der Waals surface area contributed by atoms with E-state index in [0.717, 1.165) is 10.5 Å². The number of cyclic esters (lactones) is 1. The topological polar surface area (TPSA) is 63.7 Å². The second kappa shape index (κ2) is 5.01. The van der Waals surface area contributed by atoms with E-state index in [0.29, 0.717) is 0 Å². The number of hydrogen-bond donors (Lipinski definition) is 0. The lowest BCUT2D eigenvalue weighted by Gasteiger charge is -2.10. The van der Waals surface area contributed by atoms with Crippen molar-refractivity contribution in [3.05, 3.63) is 41.8 Å². The summed E-state index contributed by atoms with van der Waals surface area (Å²) >= 11 is 5.21. The molecule has 0 saturated carbocycles. The molecule has 5 nitrogen and oxygen atoms in total. The van der Waals surface area contributed by atoms with Crippen LogP contribution in [0.3, 0.4) is 0 Å². The first kappa shape index (κ1) is 12.3. The molecule has 1 heterocycles. The van der Waals surface area contributed by atoms with Crippen LogP contribution in [0.2, 0.25) is 0 Å². The molecule has 2 rings (SSSR count). The van der Waals surface area contributed by atoms with Gasteiger partial charge in [0.25, 0.3) is 0 Å². The van der Waals surface area contributed by atoms with Crippen molar-refractivity contribution in [2.75, 3.05) is 6.54 Å². The van der Waals surface area contributed by atoms with Crippen molar-refractivity contribution in [1.82, 2.24) is 4.90 Å². The molecular formula is C12H8ClNO4. The first-order valence-electron chi connectivity index (χ1n) is 5.06. The third-order valence-electron chi connectivity index (χ3n) is 2.26. The third kappa shape index (κ3) is 2.57. The molecule has 0 aliphatic carbocycles. The number of amides is 1. The molecule has 1 saturated heterocycles. The highest BCUT2D eigenvalue weighted by atomic mass is 35.5. The lowest BCUT2D eigenvalue weighted by Crippen LogP contribution is -2.30. The van der Waals surface area contributed by atoms with Gasteiger partial charge in [0.2, 0.25) is 11.1 Å². The highest BCUT2D eigenvalue weighted by Crippen LogP contribution is 2.19. The smallest absolute Gasteiger partial charge is 0.402 e. The van der Waals surface area contributed by atoms with Crippen LogP contribution in [-0.4, -0.2) is 28.6 Å². The highest BCUT2D eigenvalue weighted by Gasteiger charge is 2.37. The van der Waals surface area contributed by atoms with Gasteiger partial charge in [-0.2, -0.15) is 0 Å². The van der Waals surface area contributed by atoms with Gasteiger partial charge >= 0.3 is 11.9 Å². The molecule has 0 unspecified atom stereocenters. The van der Waals surface area contributed by atoms with Crippen molar-refractivity contribution in [2.24, 2.45) is 0 Å². The van der Waals surface area contributed by atoms with Crippen LogP contribution < -0.4 is 0 Å². The van der Waals surface area contributed by atoms with E-state index in [1.807, 2.05) is 6.07 Å². The molecule has 0 radical (unpaired) electrons. The highest BCUT2D eigenvalue weighted by molar-refractivity contribution is 6.64. The van der Waals surface area contributed by atoms with Gasteiger partial charge in [0.05, 0.1) is 0 Å². The number of nitrogens with zero attached hydrogens (tertiary/aromatic N) is 1. The molecule has 0 N–H and O–H groups in total. The fourth-order valence-electron chi connectivity index (χ4n) is 1.48. The monoisotopic (exact) mass is 265 g/mol. The summed E-state index contributed by atoms with van der Waals surface area (Å²) in [5, 5.41) is -0.749. The summed E-state index contributed by atoms with van der Waals surface area (Å²) in [5.41, 5.74) is 0.738. The quantitative estimate of drug-likeness (QED) is 0.467. The molecular weight excluding hydrogens is 258 g/mol. The zero-order valence-electron chi connectivity index (χ0n) is 9.13. The van der Waals surface area contributed by atoms with E-state index < -0.39 is 23.7 Å². The van der Waals surface area contributed by atoms with Crippen molar-refractivity contribution in [3.63, 3.8) is 0 Å². The number of carbonyl (C=O) groups is 3. The van der Waals surface area contributed by atoms with Crippen LogP contribution in [0.4, 0.5) is 0 Å². The molecule has 1 aromatic carbocycles. The fourth-order valence-corrected chi connectivity index (χ4v) is 1.60. The fraction of sp³-hybridized carbons (Fsp3) is 0.0833. The Bertz CT molecular complexity index is 538. The summed E-state index contributed by atoms with van der Waals surface area (Å²) in [4.78, 5) is 34.3. The van der Waals surface area contributed by atoms with Crippen molar-refractivity contribution >= 4 is 34.8 Å². The number of esters is 1. The minimum Gasteiger partial charge on any atom is -0.402 e. The van der Waals surface area contributed by atoms with Gasteiger partial charge in [0.15, 0.2) is 0 Å². The van der Waals surface area contributed by atoms with E-state index in [9.17, 15) is 14.4 Å². The molecule has 6 heteroatoms. The van der Waals surface area contributed by atoms with Gasteiger partial charge in [-0.05, 0) is 17.2 Å². The van der Waals surface area contributed by atoms with E-state index in [-0.39, 0.29) is 5.88 Å². The summed E-state index contributed by atoms with van der Waals surface area (Å²) in [6.07, 6.45) is 1.49. The Labute approximate surface area is 108 Å². The molecule has 1 aromatic rings. The normalized spacial score (nSPS) is 17.2. The van der Waals surface area contributed by atoms with E-state index in [1.165, 1.54) is 6.08 Å². The van der Waals surface area contributed by atoms with E-state index >= 15 is 0 Å². The van der Waals surface area contributed by atoms with Gasteiger partial charge in [-0.25, -0.2) is 4.79 Å². The van der Waals surface area contributed by atoms with Crippen LogP contribution in [0.1, 0.15) is 5.56 Å². The number of benzene rings is 1. The summed E-state index contributed by atoms with van der Waals surface area (Å²) in [6.45, 7) is -0.398. The van der Waals surface area contributed by atoms with Crippen molar-refractivity contribution < 1.29 is 19.1 Å². The zero-order valence-corrected chi connectivity index (χ0v) is 9.89. The molecule has 1 aliphatic heterocycles. The summed E-state index contributed by atoms with van der Waals surface area (Å²) in [6, 6.07) is 8.95. The largest absolute Gasteiger partial charge is 0.404 e. The molecule has 0 bridgehead atoms. The molecule has 0 aromatic heterocycles. The predicted molar refractivity (Wildman–Crippen MR) is 63.1 cm³/mol. The molecule has 0 atom stereocenters. The Morgan fingerprint density at radius 1 is 1.28 bits per heavy atom. The van der Waals surface area contributed by atoms with Gasteiger partial charge in [-0.3, -0.25) is 14.5 Å². The molecule has 1 amide bonds. The van der Waals surface area contributed by atoms with Crippen molar-refractivity contribution in [1.29, 1.82) is 0 Å². The van der Waals surface area contributed by atoms with E-state index in [1.54, 1.807) is 24.3 Å². The number of hydrogen-bond acceptors (Lipinski definition) is 4. The van der Waals surface area contributed by atoms with Gasteiger partial charge in [0.1, 0.15) is 6.54 Å². The van der Waals surface area contributed by atoms with Gasteiger partial charge in [0, 0.05) is 6.08 Å². The van der Waals surface area contributed by atoms with Crippen LogP contribution in [-0.2, 0) is 19.1 Å². The molecule has 92 valence electrons. The minimum absolute atomic E-state index is 0.00481. The number of carbonyl (C=O) groups excluding carboxylic acids is 3. The number of halogens is 1. The standard InChI is InChI=1S/C12H8ClNO4/c13-9(15)7-14-10(18-12(17)11(14)16)6-8-4-2-1-3-5-8/h1-6H,7H2/b10-6+. The maximum Gasteiger partial charge on any atom is 0.404 e. The van der Waals surface area contributed by atoms with Crippen LogP contribution in [0.5, 0.6) is 0 Å². The summed E-state index contributed by atoms with van der Waals surface area (Å²) in [7, 11) is 0. The first-order valence-corrected chi connectivity index (χ1v) is 5.44. The first-order chi connectivity index (χ1) is 8.58. The van der Waals surface area contributed by atoms with Gasteiger partial charge < -0.3 is 4.74 Å². The average Bonchev–Trinajstić information content (AvgIpc) is 2.58. The van der Waals surface area contributed by atoms with E-state index in [2.05, 4.69) is 0 Å². The molecule has 1 aliphatic rings. The van der Waals surface area contributed by atoms with Gasteiger partial charge in [-0.15, -0.1) is 0 Å². The van der Waals surface area contributed by atoms with Crippen molar-refractivity contribution in [2.45, 2.75) is 0 Å². The van der Waals surface area contributed by atoms with Crippen LogP contribution >= 0.6 is 11.6 Å². The van der Waals surface area contributed by atoms with E-state index in [4.69, 9.17) is 16.3 Å². The van der Waals surface area contributed by atoms with Crippen LogP contribution in [0, 0.1) is 0 Å². The molecule has 1 fully saturated rings. The van der Waals surface area contributed by atoms with Crippen LogP contribution in [0.25, 0.3) is 6.08 Å². The lowest BCUT2D eigenvalue weighted by atomic mass is 10.2. The molecule has 18 heavy (non-hydrogen) atoms. The Balaban J connectivity index is 2.31. The predicted octanol–water partition coefficient (Wildman–Crippen LogP) is 1.14. The maximum absolute atomic E-state index is 11.4. The lowest BCUT2D eigenvalue weighted by molar-refractivity contribution is -0.147. The summed E-state index contributed by atoms with van der Waals surface area (Å²) < 4.78 is 4.78. The molecule has 0 spiro atoms. The Kier molecular flexibility index (Phi) is 3.43. The Morgan fingerprint density at radius 2 is 1.94 bits per heavy atom. The Hall–Kier alpha value is -2.14. The zero-order chi connectivity index (χ0) is 13.1. The van der Waals surface area contributed by atoms with Crippen molar-refractivity contribution in [3.8, 4) is 0 Å². The number of rotatable bonds is 3. The average molecular weight is 266 g/mol. The summed E-state index contributed by atoms with van der Waals surface area (Å²) in [5.74, 6) is -1.91. The van der Waals surface area contributed by atoms with Crippen LogP contribution in [0.15, 0.2) is 36.2 Å². The maximum atomic E-state index is 11.4. The second-order valence-electron chi connectivity index (χ2n) is 3.53. The SMILES string of the molecule is O=C(Cl)CN1C(=O)C(=O)O/C1=C/c1ccccc1. The number of ether oxygens (including phenoxy) is 1.